The molecule has 0 aromatic heterocycles. The minimum absolute atomic E-state index is 0.0493. The first-order valence-corrected chi connectivity index (χ1v) is 8.53. The molecular formula is C20H22N2O3. The van der Waals surface area contributed by atoms with Crippen LogP contribution in [0.5, 0.6) is 5.75 Å². The third kappa shape index (κ3) is 3.99. The van der Waals surface area contributed by atoms with E-state index < -0.39 is 0 Å². The number of rotatable bonds is 6. The van der Waals surface area contributed by atoms with Crippen LogP contribution in [0, 0.1) is 12.8 Å². The van der Waals surface area contributed by atoms with Gasteiger partial charge in [-0.2, -0.15) is 0 Å². The van der Waals surface area contributed by atoms with E-state index in [0.717, 1.165) is 24.1 Å². The number of hydrogen-bond donors (Lipinski definition) is 2. The number of amides is 2. The lowest BCUT2D eigenvalue weighted by Gasteiger charge is -2.14. The largest absolute Gasteiger partial charge is 0.493 e. The van der Waals surface area contributed by atoms with Crippen molar-refractivity contribution in [3.8, 4) is 5.75 Å². The van der Waals surface area contributed by atoms with Gasteiger partial charge in [0, 0.05) is 17.3 Å². The van der Waals surface area contributed by atoms with E-state index in [1.54, 1.807) is 18.2 Å². The van der Waals surface area contributed by atoms with Gasteiger partial charge >= 0.3 is 0 Å². The predicted octanol–water partition coefficient (Wildman–Crippen LogP) is 3.99. The molecule has 0 radical (unpaired) electrons. The average molecular weight is 338 g/mol. The lowest BCUT2D eigenvalue weighted by atomic mass is 10.1. The zero-order valence-corrected chi connectivity index (χ0v) is 14.5. The van der Waals surface area contributed by atoms with Crippen LogP contribution in [0.2, 0.25) is 0 Å². The van der Waals surface area contributed by atoms with Crippen molar-refractivity contribution in [2.24, 2.45) is 5.92 Å². The van der Waals surface area contributed by atoms with Crippen molar-refractivity contribution in [3.05, 3.63) is 53.6 Å². The molecule has 0 atom stereocenters. The van der Waals surface area contributed by atoms with Crippen molar-refractivity contribution in [1.29, 1.82) is 0 Å². The molecule has 1 aliphatic rings. The smallest absolute Gasteiger partial charge is 0.259 e. The van der Waals surface area contributed by atoms with Gasteiger partial charge in [0.15, 0.2) is 0 Å². The number of carbonyl (C=O) groups excluding carboxylic acids is 2. The van der Waals surface area contributed by atoms with Gasteiger partial charge in [-0.25, -0.2) is 0 Å². The summed E-state index contributed by atoms with van der Waals surface area (Å²) in [4.78, 5) is 24.6. The highest BCUT2D eigenvalue weighted by molar-refractivity contribution is 6.07. The lowest BCUT2D eigenvalue weighted by Crippen LogP contribution is -2.17. The van der Waals surface area contributed by atoms with Crippen molar-refractivity contribution in [1.82, 2.24) is 0 Å². The van der Waals surface area contributed by atoms with Gasteiger partial charge in [0.2, 0.25) is 5.91 Å². The number of benzene rings is 2. The van der Waals surface area contributed by atoms with E-state index in [1.807, 2.05) is 38.1 Å². The topological polar surface area (TPSA) is 67.4 Å². The summed E-state index contributed by atoms with van der Waals surface area (Å²) in [7, 11) is 0. The Kier molecular flexibility index (Phi) is 5.03. The molecule has 3 rings (SSSR count). The van der Waals surface area contributed by atoms with E-state index in [9.17, 15) is 9.59 Å². The van der Waals surface area contributed by atoms with Gasteiger partial charge < -0.3 is 15.4 Å². The predicted molar refractivity (Wildman–Crippen MR) is 98.1 cm³/mol. The van der Waals surface area contributed by atoms with Crippen LogP contribution in [0.1, 0.15) is 35.7 Å². The van der Waals surface area contributed by atoms with Crippen LogP contribution in [0.15, 0.2) is 42.5 Å². The number of para-hydroxylation sites is 1. The molecule has 0 bridgehead atoms. The molecule has 1 aliphatic carbocycles. The fourth-order valence-electron chi connectivity index (χ4n) is 2.61. The minimum atomic E-state index is -0.238. The van der Waals surface area contributed by atoms with Gasteiger partial charge in [0.25, 0.3) is 5.91 Å². The van der Waals surface area contributed by atoms with Crippen LogP contribution in [0.25, 0.3) is 0 Å². The van der Waals surface area contributed by atoms with Crippen LogP contribution in [0.3, 0.4) is 0 Å². The summed E-state index contributed by atoms with van der Waals surface area (Å²) in [6, 6.07) is 12.6. The number of carbonyl (C=O) groups is 2. The van der Waals surface area contributed by atoms with Crippen molar-refractivity contribution in [2.45, 2.75) is 26.7 Å². The SMILES string of the molecule is CCOc1ccccc1C(=O)Nc1cccc(NC(=O)C2CC2)c1C. The number of ether oxygens (including phenoxy) is 1. The van der Waals surface area contributed by atoms with Crippen LogP contribution in [-0.2, 0) is 4.79 Å². The Hall–Kier alpha value is -2.82. The molecule has 2 aromatic carbocycles. The highest BCUT2D eigenvalue weighted by Gasteiger charge is 2.29. The van der Waals surface area contributed by atoms with Gasteiger partial charge in [-0.3, -0.25) is 9.59 Å². The number of nitrogens with one attached hydrogen (secondary N) is 2. The first kappa shape index (κ1) is 17.0. The molecule has 5 heteroatoms. The molecule has 1 fully saturated rings. The maximum absolute atomic E-state index is 12.6. The molecule has 0 heterocycles. The fourth-order valence-corrected chi connectivity index (χ4v) is 2.61. The van der Waals surface area contributed by atoms with Crippen molar-refractivity contribution < 1.29 is 14.3 Å². The van der Waals surface area contributed by atoms with E-state index >= 15 is 0 Å². The van der Waals surface area contributed by atoms with Crippen molar-refractivity contribution in [3.63, 3.8) is 0 Å². The first-order valence-electron chi connectivity index (χ1n) is 8.53. The highest BCUT2D eigenvalue weighted by atomic mass is 16.5. The minimum Gasteiger partial charge on any atom is -0.493 e. The summed E-state index contributed by atoms with van der Waals surface area (Å²) in [5.74, 6) is 0.500. The summed E-state index contributed by atoms with van der Waals surface area (Å²) in [6.07, 6.45) is 1.91. The maximum atomic E-state index is 12.6. The van der Waals surface area contributed by atoms with Crippen LogP contribution >= 0.6 is 0 Å². The molecule has 5 nitrogen and oxygen atoms in total. The summed E-state index contributed by atoms with van der Waals surface area (Å²) >= 11 is 0. The molecule has 0 spiro atoms. The van der Waals surface area contributed by atoms with E-state index in [0.29, 0.717) is 23.6 Å². The van der Waals surface area contributed by atoms with E-state index in [-0.39, 0.29) is 17.7 Å². The molecule has 0 unspecified atom stereocenters. The first-order chi connectivity index (χ1) is 12.1. The lowest BCUT2D eigenvalue weighted by molar-refractivity contribution is -0.117. The molecule has 2 amide bonds. The Morgan fingerprint density at radius 2 is 1.72 bits per heavy atom. The Morgan fingerprint density at radius 1 is 1.04 bits per heavy atom. The second-order valence-corrected chi connectivity index (χ2v) is 6.12. The zero-order valence-electron chi connectivity index (χ0n) is 14.5. The molecule has 25 heavy (non-hydrogen) atoms. The van der Waals surface area contributed by atoms with Crippen molar-refractivity contribution in [2.75, 3.05) is 17.2 Å². The molecule has 1 saturated carbocycles. The highest BCUT2D eigenvalue weighted by Crippen LogP contribution is 2.32. The second-order valence-electron chi connectivity index (χ2n) is 6.12. The van der Waals surface area contributed by atoms with Gasteiger partial charge in [-0.05, 0) is 56.5 Å². The van der Waals surface area contributed by atoms with E-state index in [4.69, 9.17) is 4.74 Å². The Bertz CT molecular complexity index is 797. The van der Waals surface area contributed by atoms with Gasteiger partial charge in [0.05, 0.1) is 12.2 Å². The van der Waals surface area contributed by atoms with Crippen LogP contribution in [0.4, 0.5) is 11.4 Å². The van der Waals surface area contributed by atoms with Gasteiger partial charge in [-0.15, -0.1) is 0 Å². The quantitative estimate of drug-likeness (QED) is 0.837. The number of hydrogen-bond acceptors (Lipinski definition) is 3. The standard InChI is InChI=1S/C20H22N2O3/c1-3-25-18-10-5-4-7-15(18)20(24)22-17-9-6-8-16(13(17)2)21-19(23)14-11-12-14/h4-10,14H,3,11-12H2,1-2H3,(H,21,23)(H,22,24). The van der Waals surface area contributed by atoms with Crippen LogP contribution < -0.4 is 15.4 Å². The average Bonchev–Trinajstić information content (AvgIpc) is 3.44. The Balaban J connectivity index is 1.78. The summed E-state index contributed by atoms with van der Waals surface area (Å²) in [6.45, 7) is 4.25. The summed E-state index contributed by atoms with van der Waals surface area (Å²) in [5, 5.41) is 5.86. The molecule has 0 saturated heterocycles. The second kappa shape index (κ2) is 7.38. The monoisotopic (exact) mass is 338 g/mol. The zero-order chi connectivity index (χ0) is 17.8. The molecule has 130 valence electrons. The normalized spacial score (nSPS) is 13.2. The fraction of sp³-hybridized carbons (Fsp3) is 0.300. The van der Waals surface area contributed by atoms with Crippen LogP contribution in [-0.4, -0.2) is 18.4 Å². The van der Waals surface area contributed by atoms with E-state index in [2.05, 4.69) is 10.6 Å². The molecule has 0 aliphatic heterocycles. The Labute approximate surface area is 147 Å². The summed E-state index contributed by atoms with van der Waals surface area (Å²) < 4.78 is 5.52. The summed E-state index contributed by atoms with van der Waals surface area (Å²) in [5.41, 5.74) is 2.72. The Morgan fingerprint density at radius 3 is 2.40 bits per heavy atom. The third-order valence-corrected chi connectivity index (χ3v) is 4.22. The van der Waals surface area contributed by atoms with Gasteiger partial charge in [-0.1, -0.05) is 18.2 Å². The molecular weight excluding hydrogens is 316 g/mol. The third-order valence-electron chi connectivity index (χ3n) is 4.22. The molecule has 2 N–H and O–H groups in total. The number of anilines is 2. The molecule has 2 aromatic rings. The van der Waals surface area contributed by atoms with Gasteiger partial charge in [0.1, 0.15) is 5.75 Å². The van der Waals surface area contributed by atoms with Crippen molar-refractivity contribution >= 4 is 23.2 Å². The van der Waals surface area contributed by atoms with E-state index in [1.165, 1.54) is 0 Å². The maximum Gasteiger partial charge on any atom is 0.259 e.